The Bertz CT molecular complexity index is 578. The summed E-state index contributed by atoms with van der Waals surface area (Å²) in [7, 11) is 0. The van der Waals surface area contributed by atoms with Gasteiger partial charge in [-0.2, -0.15) is 0 Å². The fraction of sp³-hybridized carbons (Fsp3) is 0.467. The summed E-state index contributed by atoms with van der Waals surface area (Å²) in [5.74, 6) is -0.333. The van der Waals surface area contributed by atoms with Gasteiger partial charge in [0.1, 0.15) is 6.10 Å². The molecule has 0 radical (unpaired) electrons. The van der Waals surface area contributed by atoms with Crippen molar-refractivity contribution in [1.29, 1.82) is 0 Å². The Kier molecular flexibility index (Phi) is 3.98. The number of halogens is 1. The molecule has 2 saturated heterocycles. The topological polar surface area (TPSA) is 75.9 Å². The number of cyclic esters (lactones) is 1. The van der Waals surface area contributed by atoms with E-state index < -0.39 is 12.3 Å². The van der Waals surface area contributed by atoms with Crippen molar-refractivity contribution in [1.82, 2.24) is 0 Å². The van der Waals surface area contributed by atoms with Crippen molar-refractivity contribution < 1.29 is 18.7 Å². The second-order valence-corrected chi connectivity index (χ2v) is 5.50. The molecule has 1 aromatic rings. The van der Waals surface area contributed by atoms with Crippen LogP contribution < -0.4 is 15.5 Å². The molecule has 1 unspecified atom stereocenters. The summed E-state index contributed by atoms with van der Waals surface area (Å²) in [5, 5.41) is 0. The highest BCUT2D eigenvalue weighted by Gasteiger charge is 2.31. The van der Waals surface area contributed by atoms with Crippen LogP contribution >= 0.6 is 0 Å². The van der Waals surface area contributed by atoms with E-state index in [1.807, 2.05) is 17.0 Å². The summed E-state index contributed by atoms with van der Waals surface area (Å²) in [4.78, 5) is 26.3. The standard InChI is InChI=1S/C15H18FN3O3/c16-13-9-18(6-5-14(13)20)10-1-3-11(4-2-10)19-8-12(7-17)22-15(19)21/h1-4,12-13H,5-9,17H2/t12-,13?/m0/s1. The number of ether oxygens (including phenoxy) is 1. The molecule has 22 heavy (non-hydrogen) atoms. The number of alkyl halides is 1. The number of hydrogen-bond acceptors (Lipinski definition) is 5. The van der Waals surface area contributed by atoms with Gasteiger partial charge in [0.25, 0.3) is 0 Å². The lowest BCUT2D eigenvalue weighted by Crippen LogP contribution is -2.42. The molecule has 7 heteroatoms. The van der Waals surface area contributed by atoms with Crippen LogP contribution in [-0.2, 0) is 9.53 Å². The lowest BCUT2D eigenvalue weighted by molar-refractivity contribution is -0.124. The van der Waals surface area contributed by atoms with Crippen molar-refractivity contribution in [3.05, 3.63) is 24.3 Å². The van der Waals surface area contributed by atoms with E-state index >= 15 is 0 Å². The Morgan fingerprint density at radius 3 is 2.45 bits per heavy atom. The van der Waals surface area contributed by atoms with Gasteiger partial charge in [0.15, 0.2) is 12.0 Å². The lowest BCUT2D eigenvalue weighted by atomic mass is 10.1. The molecule has 0 aromatic heterocycles. The fourth-order valence-corrected chi connectivity index (χ4v) is 2.72. The molecule has 0 aliphatic carbocycles. The molecule has 0 spiro atoms. The smallest absolute Gasteiger partial charge is 0.414 e. The summed E-state index contributed by atoms with van der Waals surface area (Å²) in [6, 6.07) is 7.22. The molecule has 2 fully saturated rings. The van der Waals surface area contributed by atoms with Crippen LogP contribution in [0.4, 0.5) is 20.6 Å². The average Bonchev–Trinajstić information content (AvgIpc) is 2.91. The molecular weight excluding hydrogens is 289 g/mol. The van der Waals surface area contributed by atoms with Crippen molar-refractivity contribution in [2.45, 2.75) is 18.7 Å². The van der Waals surface area contributed by atoms with Crippen molar-refractivity contribution in [2.75, 3.05) is 36.0 Å². The van der Waals surface area contributed by atoms with Crippen LogP contribution in [0, 0.1) is 0 Å². The largest absolute Gasteiger partial charge is 0.443 e. The van der Waals surface area contributed by atoms with Crippen LogP contribution in [0.3, 0.4) is 0 Å². The van der Waals surface area contributed by atoms with E-state index in [9.17, 15) is 14.0 Å². The molecule has 0 bridgehead atoms. The molecule has 6 nitrogen and oxygen atoms in total. The van der Waals surface area contributed by atoms with Crippen molar-refractivity contribution in [3.8, 4) is 0 Å². The second kappa shape index (κ2) is 5.92. The Balaban J connectivity index is 1.71. The highest BCUT2D eigenvalue weighted by atomic mass is 19.1. The monoisotopic (exact) mass is 307 g/mol. The summed E-state index contributed by atoms with van der Waals surface area (Å²) in [5.41, 5.74) is 7.06. The van der Waals surface area contributed by atoms with Crippen LogP contribution in [-0.4, -0.2) is 50.3 Å². The van der Waals surface area contributed by atoms with Crippen molar-refractivity contribution in [2.24, 2.45) is 5.73 Å². The zero-order chi connectivity index (χ0) is 15.7. The Morgan fingerprint density at radius 2 is 1.86 bits per heavy atom. The lowest BCUT2D eigenvalue weighted by Gasteiger charge is -2.30. The molecule has 1 amide bonds. The van der Waals surface area contributed by atoms with Gasteiger partial charge in [-0.1, -0.05) is 0 Å². The quantitative estimate of drug-likeness (QED) is 0.904. The number of ketones is 1. The molecule has 2 atom stereocenters. The first kappa shape index (κ1) is 14.8. The molecule has 2 N–H and O–H groups in total. The van der Waals surface area contributed by atoms with E-state index in [-0.39, 0.29) is 24.9 Å². The van der Waals surface area contributed by atoms with E-state index in [2.05, 4.69) is 0 Å². The second-order valence-electron chi connectivity index (χ2n) is 5.50. The molecule has 2 aliphatic heterocycles. The maximum Gasteiger partial charge on any atom is 0.414 e. The van der Waals surface area contributed by atoms with Gasteiger partial charge in [0, 0.05) is 30.9 Å². The van der Waals surface area contributed by atoms with E-state index in [1.54, 1.807) is 12.1 Å². The predicted octanol–water partition coefficient (Wildman–Crippen LogP) is 1.09. The Hall–Kier alpha value is -2.15. The molecule has 2 heterocycles. The zero-order valence-electron chi connectivity index (χ0n) is 12.1. The van der Waals surface area contributed by atoms with E-state index in [0.717, 1.165) is 11.4 Å². The molecule has 118 valence electrons. The first-order valence-electron chi connectivity index (χ1n) is 7.28. The fourth-order valence-electron chi connectivity index (χ4n) is 2.72. The Labute approximate surface area is 127 Å². The Morgan fingerprint density at radius 1 is 1.18 bits per heavy atom. The first-order chi connectivity index (χ1) is 10.6. The third-order valence-corrected chi connectivity index (χ3v) is 4.02. The summed E-state index contributed by atoms with van der Waals surface area (Å²) in [6.07, 6.45) is -1.89. The first-order valence-corrected chi connectivity index (χ1v) is 7.28. The molecule has 2 aliphatic rings. The van der Waals surface area contributed by atoms with Gasteiger partial charge in [-0.3, -0.25) is 9.69 Å². The normalized spacial score (nSPS) is 25.5. The number of benzene rings is 1. The maximum atomic E-state index is 13.5. The molecule has 0 saturated carbocycles. The van der Waals surface area contributed by atoms with Gasteiger partial charge in [0.2, 0.25) is 0 Å². The number of nitrogens with zero attached hydrogens (tertiary/aromatic N) is 2. The van der Waals surface area contributed by atoms with Gasteiger partial charge in [-0.15, -0.1) is 0 Å². The summed E-state index contributed by atoms with van der Waals surface area (Å²) < 4.78 is 18.6. The number of carbonyl (C=O) groups is 2. The van der Waals surface area contributed by atoms with Crippen LogP contribution in [0.5, 0.6) is 0 Å². The van der Waals surface area contributed by atoms with Gasteiger partial charge >= 0.3 is 6.09 Å². The highest BCUT2D eigenvalue weighted by molar-refractivity contribution is 5.90. The van der Waals surface area contributed by atoms with Crippen LogP contribution in [0.25, 0.3) is 0 Å². The van der Waals surface area contributed by atoms with E-state index in [1.165, 1.54) is 4.90 Å². The predicted molar refractivity (Wildman–Crippen MR) is 79.8 cm³/mol. The number of piperidine rings is 1. The number of anilines is 2. The SMILES string of the molecule is NC[C@H]1CN(c2ccc(N3CCC(=O)C(F)C3)cc2)C(=O)O1. The maximum absolute atomic E-state index is 13.5. The third kappa shape index (κ3) is 2.76. The molecule has 3 rings (SSSR count). The number of hydrogen-bond donors (Lipinski definition) is 1. The van der Waals surface area contributed by atoms with Crippen molar-refractivity contribution >= 4 is 23.3 Å². The number of amides is 1. The molecular formula is C15H18FN3O3. The van der Waals surface area contributed by atoms with Crippen LogP contribution in [0.1, 0.15) is 6.42 Å². The number of nitrogens with two attached hydrogens (primary N) is 1. The average molecular weight is 307 g/mol. The van der Waals surface area contributed by atoms with Crippen molar-refractivity contribution in [3.63, 3.8) is 0 Å². The van der Waals surface area contributed by atoms with Crippen LogP contribution in [0.2, 0.25) is 0 Å². The third-order valence-electron chi connectivity index (χ3n) is 4.02. The zero-order valence-corrected chi connectivity index (χ0v) is 12.1. The number of carbonyl (C=O) groups excluding carboxylic acids is 2. The van der Waals surface area contributed by atoms with Gasteiger partial charge in [-0.25, -0.2) is 9.18 Å². The van der Waals surface area contributed by atoms with E-state index in [4.69, 9.17) is 10.5 Å². The summed E-state index contributed by atoms with van der Waals surface area (Å²) >= 11 is 0. The van der Waals surface area contributed by atoms with Gasteiger partial charge in [-0.05, 0) is 24.3 Å². The number of Topliss-reactive ketones (excluding diaryl/α,β-unsaturated/α-hetero) is 1. The van der Waals surface area contributed by atoms with Crippen LogP contribution in [0.15, 0.2) is 24.3 Å². The minimum atomic E-state index is -1.42. The highest BCUT2D eigenvalue weighted by Crippen LogP contribution is 2.26. The summed E-state index contributed by atoms with van der Waals surface area (Å²) in [6.45, 7) is 1.32. The minimum absolute atomic E-state index is 0.0825. The van der Waals surface area contributed by atoms with E-state index in [0.29, 0.717) is 19.6 Å². The van der Waals surface area contributed by atoms with Gasteiger partial charge < -0.3 is 15.4 Å². The van der Waals surface area contributed by atoms with Gasteiger partial charge in [0.05, 0.1) is 13.1 Å². The minimum Gasteiger partial charge on any atom is -0.443 e. The number of rotatable bonds is 3. The molecule has 1 aromatic carbocycles.